The van der Waals surface area contributed by atoms with Crippen LogP contribution in [0.1, 0.15) is 0 Å². The van der Waals surface area contributed by atoms with Gasteiger partial charge in [0.15, 0.2) is 15.7 Å². The van der Waals surface area contributed by atoms with E-state index in [1.807, 2.05) is 6.07 Å². The van der Waals surface area contributed by atoms with E-state index in [0.29, 0.717) is 5.82 Å². The topological polar surface area (TPSA) is 77.7 Å². The first-order valence-corrected chi connectivity index (χ1v) is 7.88. The molecule has 1 aromatic carbocycles. The average molecular weight is 300 g/mol. The van der Waals surface area contributed by atoms with Gasteiger partial charge >= 0.3 is 0 Å². The molecule has 0 saturated heterocycles. The monoisotopic (exact) mass is 300 g/mol. The Morgan fingerprint density at radius 2 is 1.86 bits per heavy atom. The van der Waals surface area contributed by atoms with Crippen LogP contribution in [0.3, 0.4) is 0 Å². The lowest BCUT2D eigenvalue weighted by Gasteiger charge is -2.07. The van der Waals surface area contributed by atoms with E-state index in [1.165, 1.54) is 11.0 Å². The predicted molar refractivity (Wildman–Crippen MR) is 76.9 cm³/mol. The van der Waals surface area contributed by atoms with Gasteiger partial charge in [-0.25, -0.2) is 18.1 Å². The Morgan fingerprint density at radius 1 is 1.05 bits per heavy atom. The van der Waals surface area contributed by atoms with E-state index in [-0.39, 0.29) is 10.8 Å². The van der Waals surface area contributed by atoms with Gasteiger partial charge < -0.3 is 0 Å². The number of aromatic nitrogens is 4. The Kier molecular flexibility index (Phi) is 3.49. The maximum atomic E-state index is 12.4. The number of hydrogen-bond donors (Lipinski definition) is 0. The van der Waals surface area contributed by atoms with Crippen molar-refractivity contribution in [1.82, 2.24) is 19.7 Å². The van der Waals surface area contributed by atoms with Crippen LogP contribution in [0.2, 0.25) is 0 Å². The number of nitrogens with zero attached hydrogens (tertiary/aromatic N) is 4. The molecule has 0 unspecified atom stereocenters. The molecule has 0 saturated carbocycles. The Hall–Kier alpha value is -2.54. The molecule has 0 N–H and O–H groups in total. The fourth-order valence-electron chi connectivity index (χ4n) is 1.94. The molecule has 0 aliphatic heterocycles. The molecule has 0 fully saturated rings. The first kappa shape index (κ1) is 13.4. The predicted octanol–water partition coefficient (Wildman–Crippen LogP) is 1.77. The quantitative estimate of drug-likeness (QED) is 0.734. The van der Waals surface area contributed by atoms with Crippen molar-refractivity contribution in [1.29, 1.82) is 0 Å². The van der Waals surface area contributed by atoms with Gasteiger partial charge in [0, 0.05) is 18.0 Å². The SMILES string of the molecule is O=S(=O)(Cn1ncnc1-c1cccnc1)c1ccccc1. The summed E-state index contributed by atoms with van der Waals surface area (Å²) in [6, 6.07) is 11.9. The molecule has 3 rings (SSSR count). The van der Waals surface area contributed by atoms with Gasteiger partial charge in [0.05, 0.1) is 4.90 Å². The van der Waals surface area contributed by atoms with E-state index in [4.69, 9.17) is 0 Å². The van der Waals surface area contributed by atoms with Crippen molar-refractivity contribution in [2.75, 3.05) is 0 Å². The summed E-state index contributed by atoms with van der Waals surface area (Å²) in [7, 11) is -3.47. The van der Waals surface area contributed by atoms with Crippen molar-refractivity contribution in [2.24, 2.45) is 0 Å². The van der Waals surface area contributed by atoms with E-state index < -0.39 is 9.84 Å². The normalized spacial score (nSPS) is 11.4. The van der Waals surface area contributed by atoms with Crippen LogP contribution in [-0.4, -0.2) is 28.2 Å². The van der Waals surface area contributed by atoms with Crippen molar-refractivity contribution in [3.05, 3.63) is 61.2 Å². The van der Waals surface area contributed by atoms with Crippen molar-refractivity contribution in [3.8, 4) is 11.4 Å². The minimum atomic E-state index is -3.47. The minimum Gasteiger partial charge on any atom is -0.264 e. The maximum absolute atomic E-state index is 12.4. The van der Waals surface area contributed by atoms with Crippen LogP contribution in [0.15, 0.2) is 66.1 Å². The molecule has 0 bridgehead atoms. The van der Waals surface area contributed by atoms with Crippen LogP contribution in [-0.2, 0) is 15.7 Å². The maximum Gasteiger partial charge on any atom is 0.198 e. The molecule has 0 spiro atoms. The molecule has 2 aromatic heterocycles. The van der Waals surface area contributed by atoms with Gasteiger partial charge in [0.2, 0.25) is 0 Å². The molecule has 7 heteroatoms. The summed E-state index contributed by atoms with van der Waals surface area (Å²) in [6.07, 6.45) is 4.60. The number of sulfone groups is 1. The summed E-state index contributed by atoms with van der Waals surface area (Å²) < 4.78 is 26.1. The van der Waals surface area contributed by atoms with Gasteiger partial charge in [-0.1, -0.05) is 18.2 Å². The van der Waals surface area contributed by atoms with Gasteiger partial charge in [0.25, 0.3) is 0 Å². The standard InChI is InChI=1S/C14H12N4O2S/c19-21(20,13-6-2-1-3-7-13)11-18-14(16-10-17-18)12-5-4-8-15-9-12/h1-10H,11H2. The smallest absolute Gasteiger partial charge is 0.198 e. The van der Waals surface area contributed by atoms with Gasteiger partial charge in [-0.15, -0.1) is 0 Å². The Morgan fingerprint density at radius 3 is 2.57 bits per heavy atom. The van der Waals surface area contributed by atoms with Crippen LogP contribution in [0.5, 0.6) is 0 Å². The first-order chi connectivity index (χ1) is 10.2. The summed E-state index contributed by atoms with van der Waals surface area (Å²) >= 11 is 0. The highest BCUT2D eigenvalue weighted by Gasteiger charge is 2.18. The van der Waals surface area contributed by atoms with Crippen molar-refractivity contribution in [2.45, 2.75) is 10.8 Å². The molecule has 0 aliphatic carbocycles. The second-order valence-corrected chi connectivity index (χ2v) is 6.34. The molecule has 106 valence electrons. The largest absolute Gasteiger partial charge is 0.264 e. The van der Waals surface area contributed by atoms with Crippen LogP contribution in [0.4, 0.5) is 0 Å². The van der Waals surface area contributed by atoms with E-state index in [2.05, 4.69) is 15.1 Å². The third-order valence-corrected chi connectivity index (χ3v) is 4.50. The summed E-state index contributed by atoms with van der Waals surface area (Å²) in [6.45, 7) is 0. The first-order valence-electron chi connectivity index (χ1n) is 6.23. The second kappa shape index (κ2) is 5.45. The van der Waals surface area contributed by atoms with E-state index in [9.17, 15) is 8.42 Å². The molecule has 0 amide bonds. The summed E-state index contributed by atoms with van der Waals surface area (Å²) in [5.74, 6) is 0.212. The Labute approximate surface area is 122 Å². The molecule has 0 aliphatic rings. The fraction of sp³-hybridized carbons (Fsp3) is 0.0714. The summed E-state index contributed by atoms with van der Waals surface area (Å²) in [4.78, 5) is 8.38. The lowest BCUT2D eigenvalue weighted by Crippen LogP contribution is -2.13. The summed E-state index contributed by atoms with van der Waals surface area (Å²) in [5, 5.41) is 4.00. The van der Waals surface area contributed by atoms with Crippen molar-refractivity contribution >= 4 is 9.84 Å². The molecule has 21 heavy (non-hydrogen) atoms. The highest BCUT2D eigenvalue weighted by atomic mass is 32.2. The molecule has 6 nitrogen and oxygen atoms in total. The summed E-state index contributed by atoms with van der Waals surface area (Å²) in [5.41, 5.74) is 0.721. The molecular weight excluding hydrogens is 288 g/mol. The van der Waals surface area contributed by atoms with E-state index in [1.54, 1.807) is 48.8 Å². The third kappa shape index (κ3) is 2.82. The van der Waals surface area contributed by atoms with Gasteiger partial charge in [-0.05, 0) is 24.3 Å². The van der Waals surface area contributed by atoms with Gasteiger partial charge in [0.1, 0.15) is 12.2 Å². The molecule has 2 heterocycles. The highest BCUT2D eigenvalue weighted by Crippen LogP contribution is 2.18. The lowest BCUT2D eigenvalue weighted by atomic mass is 10.3. The van der Waals surface area contributed by atoms with Crippen LogP contribution in [0, 0.1) is 0 Å². The molecule has 0 radical (unpaired) electrons. The number of pyridine rings is 1. The van der Waals surface area contributed by atoms with E-state index in [0.717, 1.165) is 5.56 Å². The van der Waals surface area contributed by atoms with Crippen molar-refractivity contribution < 1.29 is 8.42 Å². The zero-order valence-electron chi connectivity index (χ0n) is 11.0. The van der Waals surface area contributed by atoms with Gasteiger partial charge in [-0.3, -0.25) is 4.98 Å². The minimum absolute atomic E-state index is 0.262. The second-order valence-electron chi connectivity index (χ2n) is 4.38. The Balaban J connectivity index is 1.96. The molecule has 0 atom stereocenters. The highest BCUT2D eigenvalue weighted by molar-refractivity contribution is 7.90. The number of hydrogen-bond acceptors (Lipinski definition) is 5. The fourth-order valence-corrected chi connectivity index (χ4v) is 3.17. The van der Waals surface area contributed by atoms with Crippen molar-refractivity contribution in [3.63, 3.8) is 0 Å². The van der Waals surface area contributed by atoms with Gasteiger partial charge in [-0.2, -0.15) is 5.10 Å². The molecule has 3 aromatic rings. The zero-order chi connectivity index (χ0) is 14.7. The Bertz CT molecular complexity index is 830. The third-order valence-electron chi connectivity index (χ3n) is 2.93. The number of rotatable bonds is 4. The lowest BCUT2D eigenvalue weighted by molar-refractivity contribution is 0.576. The van der Waals surface area contributed by atoms with E-state index >= 15 is 0 Å². The molecular formula is C14H12N4O2S. The average Bonchev–Trinajstić information content (AvgIpc) is 2.96. The van der Waals surface area contributed by atoms with Crippen LogP contribution < -0.4 is 0 Å². The zero-order valence-corrected chi connectivity index (χ0v) is 11.8. The van der Waals surface area contributed by atoms with Crippen LogP contribution >= 0.6 is 0 Å². The number of benzene rings is 1. The van der Waals surface area contributed by atoms with Crippen LogP contribution in [0.25, 0.3) is 11.4 Å².